The molecule has 0 unspecified atom stereocenters. The number of thioether (sulfide) groups is 1. The molecule has 0 radical (unpaired) electrons. The van der Waals surface area contributed by atoms with Gasteiger partial charge in [-0.1, -0.05) is 48.2 Å². The SMILES string of the molecule is c1ccc(Cn2c(C[NH+]3CCCC3)nnc2SCc2cn3ccccc3n2)cc1. The average molecular weight is 406 g/mol. The molecule has 1 aliphatic rings. The minimum Gasteiger partial charge on any atom is -0.329 e. The van der Waals surface area contributed by atoms with Crippen molar-refractivity contribution >= 4 is 17.4 Å². The Morgan fingerprint density at radius 3 is 2.62 bits per heavy atom. The predicted octanol–water partition coefficient (Wildman–Crippen LogP) is 2.45. The van der Waals surface area contributed by atoms with E-state index in [1.54, 1.807) is 16.7 Å². The van der Waals surface area contributed by atoms with Crippen molar-refractivity contribution in [3.05, 3.63) is 78.0 Å². The predicted molar refractivity (Wildman–Crippen MR) is 114 cm³/mol. The molecular formula is C22H25N6S+. The molecule has 1 aromatic carbocycles. The lowest BCUT2D eigenvalue weighted by atomic mass is 10.2. The fraction of sp³-hybridized carbons (Fsp3) is 0.318. The number of aromatic nitrogens is 5. The summed E-state index contributed by atoms with van der Waals surface area (Å²) in [6.45, 7) is 4.24. The highest BCUT2D eigenvalue weighted by atomic mass is 32.2. The number of nitrogens with zero attached hydrogens (tertiary/aromatic N) is 5. The number of pyridine rings is 1. The van der Waals surface area contributed by atoms with Crippen LogP contribution in [0, 0.1) is 0 Å². The van der Waals surface area contributed by atoms with Gasteiger partial charge in [0, 0.05) is 31.0 Å². The molecule has 3 aromatic heterocycles. The Kier molecular flexibility index (Phi) is 5.32. The maximum Gasteiger partial charge on any atom is 0.192 e. The molecule has 5 rings (SSSR count). The zero-order valence-electron chi connectivity index (χ0n) is 16.4. The summed E-state index contributed by atoms with van der Waals surface area (Å²) in [5.74, 6) is 1.87. The fourth-order valence-corrected chi connectivity index (χ4v) is 4.79. The first-order valence-corrected chi connectivity index (χ1v) is 11.2. The lowest BCUT2D eigenvalue weighted by Crippen LogP contribution is -3.08. The summed E-state index contributed by atoms with van der Waals surface area (Å²) >= 11 is 1.72. The quantitative estimate of drug-likeness (QED) is 0.480. The van der Waals surface area contributed by atoms with E-state index in [1.807, 2.05) is 24.4 Å². The summed E-state index contributed by atoms with van der Waals surface area (Å²) in [6.07, 6.45) is 6.76. The van der Waals surface area contributed by atoms with Crippen LogP contribution < -0.4 is 4.90 Å². The summed E-state index contributed by atoms with van der Waals surface area (Å²) < 4.78 is 4.36. The Labute approximate surface area is 174 Å². The number of hydrogen-bond donors (Lipinski definition) is 1. The zero-order valence-corrected chi connectivity index (χ0v) is 17.2. The van der Waals surface area contributed by atoms with Crippen molar-refractivity contribution in [3.63, 3.8) is 0 Å². The lowest BCUT2D eigenvalue weighted by molar-refractivity contribution is -0.902. The summed E-state index contributed by atoms with van der Waals surface area (Å²) in [5, 5.41) is 10.1. The zero-order chi connectivity index (χ0) is 19.5. The van der Waals surface area contributed by atoms with E-state index in [1.165, 1.54) is 31.5 Å². The molecule has 148 valence electrons. The Hall–Kier alpha value is -2.64. The monoisotopic (exact) mass is 405 g/mol. The van der Waals surface area contributed by atoms with Gasteiger partial charge in [-0.3, -0.25) is 4.57 Å². The van der Waals surface area contributed by atoms with Gasteiger partial charge in [-0.2, -0.15) is 0 Å². The van der Waals surface area contributed by atoms with Crippen LogP contribution in [0.3, 0.4) is 0 Å². The van der Waals surface area contributed by atoms with Crippen LogP contribution in [0.5, 0.6) is 0 Å². The molecule has 0 spiro atoms. The maximum atomic E-state index is 4.71. The van der Waals surface area contributed by atoms with Crippen molar-refractivity contribution in [2.24, 2.45) is 0 Å². The Morgan fingerprint density at radius 2 is 1.79 bits per heavy atom. The number of imidazole rings is 1. The summed E-state index contributed by atoms with van der Waals surface area (Å²) in [6, 6.07) is 16.7. The van der Waals surface area contributed by atoms with Gasteiger partial charge in [0.05, 0.1) is 25.3 Å². The lowest BCUT2D eigenvalue weighted by Gasteiger charge is -2.14. The van der Waals surface area contributed by atoms with E-state index >= 15 is 0 Å². The normalized spacial score (nSPS) is 14.8. The van der Waals surface area contributed by atoms with Crippen LogP contribution in [-0.2, 0) is 18.8 Å². The number of rotatable bonds is 7. The third-order valence-corrected chi connectivity index (χ3v) is 6.46. The minimum atomic E-state index is 0.783. The molecule has 0 bridgehead atoms. The number of benzene rings is 1. The largest absolute Gasteiger partial charge is 0.329 e. The van der Waals surface area contributed by atoms with Crippen LogP contribution in [0.25, 0.3) is 5.65 Å². The number of fused-ring (bicyclic) bond motifs is 1. The molecule has 1 aliphatic heterocycles. The molecule has 4 aromatic rings. The first kappa shape index (κ1) is 18.4. The van der Waals surface area contributed by atoms with E-state index in [-0.39, 0.29) is 0 Å². The third kappa shape index (κ3) is 4.21. The highest BCUT2D eigenvalue weighted by Crippen LogP contribution is 2.23. The summed E-state index contributed by atoms with van der Waals surface area (Å²) in [5.41, 5.74) is 3.31. The minimum absolute atomic E-state index is 0.783. The number of likely N-dealkylation sites (tertiary alicyclic amines) is 1. The van der Waals surface area contributed by atoms with E-state index in [2.05, 4.69) is 55.7 Å². The molecule has 6 nitrogen and oxygen atoms in total. The second-order valence-corrected chi connectivity index (χ2v) is 8.53. The Balaban J connectivity index is 1.37. The summed E-state index contributed by atoms with van der Waals surface area (Å²) in [7, 11) is 0. The van der Waals surface area contributed by atoms with Crippen molar-refractivity contribution in [2.45, 2.75) is 36.8 Å². The van der Waals surface area contributed by atoms with Crippen LogP contribution in [-0.4, -0.2) is 37.2 Å². The van der Waals surface area contributed by atoms with Gasteiger partial charge in [0.25, 0.3) is 0 Å². The van der Waals surface area contributed by atoms with Crippen molar-refractivity contribution < 1.29 is 4.90 Å². The van der Waals surface area contributed by atoms with E-state index in [0.29, 0.717) is 0 Å². The van der Waals surface area contributed by atoms with Gasteiger partial charge in [-0.05, 0) is 17.7 Å². The van der Waals surface area contributed by atoms with Crippen LogP contribution in [0.15, 0.2) is 66.1 Å². The fourth-order valence-electron chi connectivity index (χ4n) is 3.95. The number of hydrogen-bond acceptors (Lipinski definition) is 4. The standard InChI is InChI=1S/C22H24N6S/c1-2-8-18(9-3-1)14-28-21(16-26-11-6-7-12-26)24-25-22(28)29-17-19-15-27-13-5-4-10-20(27)23-19/h1-5,8-10,13,15H,6-7,11-12,14,16-17H2/p+1. The molecule has 0 saturated carbocycles. The molecule has 7 heteroatoms. The first-order valence-electron chi connectivity index (χ1n) is 10.2. The van der Waals surface area contributed by atoms with E-state index in [9.17, 15) is 0 Å². The van der Waals surface area contributed by atoms with Gasteiger partial charge in [0.2, 0.25) is 0 Å². The van der Waals surface area contributed by atoms with E-state index in [4.69, 9.17) is 4.98 Å². The molecule has 29 heavy (non-hydrogen) atoms. The van der Waals surface area contributed by atoms with Gasteiger partial charge in [0.1, 0.15) is 12.2 Å². The van der Waals surface area contributed by atoms with Crippen LogP contribution >= 0.6 is 11.8 Å². The number of nitrogens with one attached hydrogen (secondary N) is 1. The molecule has 0 atom stereocenters. The maximum absolute atomic E-state index is 4.71. The van der Waals surface area contributed by atoms with E-state index < -0.39 is 0 Å². The highest BCUT2D eigenvalue weighted by Gasteiger charge is 2.21. The molecule has 4 heterocycles. The van der Waals surface area contributed by atoms with Gasteiger partial charge in [0.15, 0.2) is 11.0 Å². The van der Waals surface area contributed by atoms with Gasteiger partial charge >= 0.3 is 0 Å². The molecular weight excluding hydrogens is 380 g/mol. The second kappa shape index (κ2) is 8.39. The van der Waals surface area contributed by atoms with Crippen molar-refractivity contribution in [1.29, 1.82) is 0 Å². The second-order valence-electron chi connectivity index (χ2n) is 7.59. The molecule has 1 N–H and O–H groups in total. The summed E-state index contributed by atoms with van der Waals surface area (Å²) in [4.78, 5) is 6.33. The van der Waals surface area contributed by atoms with Gasteiger partial charge in [-0.25, -0.2) is 4.98 Å². The first-order chi connectivity index (χ1) is 14.3. The van der Waals surface area contributed by atoms with Gasteiger partial charge < -0.3 is 9.30 Å². The number of quaternary nitrogens is 1. The van der Waals surface area contributed by atoms with Crippen LogP contribution in [0.1, 0.15) is 29.9 Å². The molecule has 0 aliphatic carbocycles. The molecule has 1 saturated heterocycles. The molecule has 1 fully saturated rings. The van der Waals surface area contributed by atoms with Crippen molar-refractivity contribution in [2.75, 3.05) is 13.1 Å². The Bertz CT molecular complexity index is 1050. The molecule has 0 amide bonds. The smallest absolute Gasteiger partial charge is 0.192 e. The average Bonchev–Trinajstić information content (AvgIpc) is 3.48. The van der Waals surface area contributed by atoms with Crippen LogP contribution in [0.4, 0.5) is 0 Å². The van der Waals surface area contributed by atoms with Gasteiger partial charge in [-0.15, -0.1) is 10.2 Å². The van der Waals surface area contributed by atoms with Crippen molar-refractivity contribution in [1.82, 2.24) is 24.1 Å². The van der Waals surface area contributed by atoms with Crippen LogP contribution in [0.2, 0.25) is 0 Å². The third-order valence-electron chi connectivity index (χ3n) is 5.46. The highest BCUT2D eigenvalue weighted by molar-refractivity contribution is 7.98. The topological polar surface area (TPSA) is 52.5 Å². The van der Waals surface area contributed by atoms with Crippen molar-refractivity contribution in [3.8, 4) is 0 Å². The van der Waals surface area contributed by atoms with E-state index in [0.717, 1.165) is 41.2 Å². The Morgan fingerprint density at radius 1 is 0.966 bits per heavy atom.